The molecule has 57 heavy (non-hydrogen) atoms. The third-order valence-electron chi connectivity index (χ3n) is 11.5. The molecule has 2 aromatic heterocycles. The first-order chi connectivity index (χ1) is 28.3. The lowest BCUT2D eigenvalue weighted by molar-refractivity contribution is 0.769. The smallest absolute Gasteiger partial charge is 0.160 e. The van der Waals surface area contributed by atoms with E-state index in [-0.39, 0.29) is 0 Å². The zero-order valence-corrected chi connectivity index (χ0v) is 31.0. The van der Waals surface area contributed by atoms with Crippen LogP contribution in [0.25, 0.3) is 78.0 Å². The lowest BCUT2D eigenvalue weighted by atomic mass is 9.67. The molecule has 0 unspecified atom stereocenters. The maximum Gasteiger partial charge on any atom is 0.160 e. The van der Waals surface area contributed by atoms with Crippen LogP contribution in [0.4, 0.5) is 0 Å². The van der Waals surface area contributed by atoms with Crippen molar-refractivity contribution < 1.29 is 0 Å². The van der Waals surface area contributed by atoms with E-state index >= 15 is 0 Å². The molecule has 2 heterocycles. The van der Waals surface area contributed by atoms with Gasteiger partial charge in [-0.2, -0.15) is 0 Å². The Hall–Kier alpha value is -7.49. The molecule has 0 radical (unpaired) electrons. The van der Waals surface area contributed by atoms with Gasteiger partial charge in [-0.1, -0.05) is 194 Å². The van der Waals surface area contributed by atoms with Gasteiger partial charge in [0, 0.05) is 33.0 Å². The number of aromatic nitrogens is 3. The quantitative estimate of drug-likeness (QED) is 0.160. The fourth-order valence-electron chi connectivity index (χ4n) is 9.08. The first kappa shape index (κ1) is 32.9. The van der Waals surface area contributed by atoms with E-state index in [2.05, 4.69) is 200 Å². The summed E-state index contributed by atoms with van der Waals surface area (Å²) >= 11 is 0. The number of hydrogen-bond donors (Lipinski definition) is 0. The van der Waals surface area contributed by atoms with E-state index in [1.807, 2.05) is 12.1 Å². The SMILES string of the molecule is c1ccc(-c2cc(-c3ccccc3)nc(-c3cccc(-c4nc5ccccc5c5ccc6c(c45)-c4ccccc4C6(c4ccccc4)c4ccccc4)c3)n2)cc1. The number of benzene rings is 8. The van der Waals surface area contributed by atoms with Crippen LogP contribution in [0.3, 0.4) is 0 Å². The maximum atomic E-state index is 5.54. The van der Waals surface area contributed by atoms with E-state index in [1.54, 1.807) is 0 Å². The Bertz CT molecular complexity index is 3010. The Morgan fingerprint density at radius 1 is 0.351 bits per heavy atom. The zero-order chi connectivity index (χ0) is 37.8. The summed E-state index contributed by atoms with van der Waals surface area (Å²) in [5.74, 6) is 0.671. The van der Waals surface area contributed by atoms with Crippen LogP contribution in [0.1, 0.15) is 22.3 Å². The number of fused-ring (bicyclic) bond motifs is 7. The van der Waals surface area contributed by atoms with Crippen LogP contribution in [-0.2, 0) is 5.41 Å². The zero-order valence-electron chi connectivity index (χ0n) is 31.0. The van der Waals surface area contributed by atoms with Crippen molar-refractivity contribution in [3.8, 4) is 56.3 Å². The van der Waals surface area contributed by atoms with Crippen LogP contribution in [0.15, 0.2) is 212 Å². The number of para-hydroxylation sites is 1. The molecule has 0 bridgehead atoms. The molecule has 0 fully saturated rings. The fourth-order valence-corrected chi connectivity index (χ4v) is 9.08. The molecule has 3 nitrogen and oxygen atoms in total. The van der Waals surface area contributed by atoms with E-state index in [9.17, 15) is 0 Å². The summed E-state index contributed by atoms with van der Waals surface area (Å²) in [6.07, 6.45) is 0. The molecular formula is C54H35N3. The first-order valence-electron chi connectivity index (χ1n) is 19.4. The second-order valence-electron chi connectivity index (χ2n) is 14.7. The van der Waals surface area contributed by atoms with Crippen molar-refractivity contribution in [3.05, 3.63) is 235 Å². The predicted octanol–water partition coefficient (Wildman–Crippen LogP) is 13.2. The molecule has 10 aromatic rings. The molecule has 0 saturated heterocycles. The number of nitrogens with zero attached hydrogens (tertiary/aromatic N) is 3. The predicted molar refractivity (Wildman–Crippen MR) is 234 cm³/mol. The number of rotatable bonds is 6. The van der Waals surface area contributed by atoms with Crippen LogP contribution in [-0.4, -0.2) is 15.0 Å². The second-order valence-corrected chi connectivity index (χ2v) is 14.7. The summed E-state index contributed by atoms with van der Waals surface area (Å²) in [7, 11) is 0. The molecule has 0 aliphatic heterocycles. The molecule has 1 aliphatic carbocycles. The topological polar surface area (TPSA) is 38.7 Å². The molecule has 0 amide bonds. The van der Waals surface area contributed by atoms with Gasteiger partial charge >= 0.3 is 0 Å². The normalized spacial score (nSPS) is 12.7. The largest absolute Gasteiger partial charge is 0.247 e. The van der Waals surface area contributed by atoms with Crippen molar-refractivity contribution in [3.63, 3.8) is 0 Å². The highest BCUT2D eigenvalue weighted by Gasteiger charge is 2.47. The third-order valence-corrected chi connectivity index (χ3v) is 11.5. The van der Waals surface area contributed by atoms with Crippen molar-refractivity contribution >= 4 is 21.7 Å². The number of pyridine rings is 1. The van der Waals surface area contributed by atoms with E-state index in [4.69, 9.17) is 15.0 Å². The van der Waals surface area contributed by atoms with Crippen molar-refractivity contribution in [2.45, 2.75) is 5.41 Å². The Morgan fingerprint density at radius 3 is 1.56 bits per heavy atom. The summed E-state index contributed by atoms with van der Waals surface area (Å²) in [5, 5.41) is 3.46. The highest BCUT2D eigenvalue weighted by Crippen LogP contribution is 2.59. The molecule has 1 aliphatic rings. The molecule has 8 aromatic carbocycles. The average molecular weight is 726 g/mol. The Morgan fingerprint density at radius 2 is 0.895 bits per heavy atom. The standard InChI is InChI=1S/C54H35N3/c1-5-18-36(19-6-1)48-35-49(37-20-7-2-8-21-37)57-53(56-48)39-23-17-22-38(34-39)52-51-43(42-28-14-16-31-47(42)55-52)32-33-46-50(51)44-29-13-15-30-45(44)54(46,40-24-9-3-10-25-40)41-26-11-4-12-27-41/h1-35H. The van der Waals surface area contributed by atoms with Crippen molar-refractivity contribution in [2.75, 3.05) is 0 Å². The highest BCUT2D eigenvalue weighted by molar-refractivity contribution is 6.18. The van der Waals surface area contributed by atoms with Gasteiger partial charge in [-0.15, -0.1) is 0 Å². The van der Waals surface area contributed by atoms with E-state index in [1.165, 1.54) is 38.8 Å². The van der Waals surface area contributed by atoms with Crippen LogP contribution < -0.4 is 0 Å². The van der Waals surface area contributed by atoms with Gasteiger partial charge in [0.15, 0.2) is 5.82 Å². The lowest BCUT2D eigenvalue weighted by Crippen LogP contribution is -2.28. The lowest BCUT2D eigenvalue weighted by Gasteiger charge is -2.34. The van der Waals surface area contributed by atoms with Gasteiger partial charge in [0.25, 0.3) is 0 Å². The molecule has 266 valence electrons. The molecule has 0 atom stereocenters. The van der Waals surface area contributed by atoms with Gasteiger partial charge in [0.05, 0.1) is 28.0 Å². The van der Waals surface area contributed by atoms with Crippen LogP contribution in [0.2, 0.25) is 0 Å². The van der Waals surface area contributed by atoms with Gasteiger partial charge in [-0.3, -0.25) is 0 Å². The first-order valence-corrected chi connectivity index (χ1v) is 19.4. The van der Waals surface area contributed by atoms with Gasteiger partial charge in [-0.25, -0.2) is 15.0 Å². The van der Waals surface area contributed by atoms with Crippen molar-refractivity contribution in [1.82, 2.24) is 15.0 Å². The molecule has 11 rings (SSSR count). The molecular weight excluding hydrogens is 691 g/mol. The summed E-state index contributed by atoms with van der Waals surface area (Å²) in [5.41, 5.74) is 14.7. The summed E-state index contributed by atoms with van der Waals surface area (Å²) in [6.45, 7) is 0. The van der Waals surface area contributed by atoms with Gasteiger partial charge in [0.2, 0.25) is 0 Å². The Balaban J connectivity index is 1.20. The van der Waals surface area contributed by atoms with E-state index < -0.39 is 5.41 Å². The summed E-state index contributed by atoms with van der Waals surface area (Å²) in [4.78, 5) is 15.9. The Kier molecular flexibility index (Phi) is 7.71. The molecule has 0 saturated carbocycles. The average Bonchev–Trinajstić information content (AvgIpc) is 3.61. The summed E-state index contributed by atoms with van der Waals surface area (Å²) < 4.78 is 0. The molecule has 0 N–H and O–H groups in total. The Labute approximate surface area is 331 Å². The minimum Gasteiger partial charge on any atom is -0.247 e. The maximum absolute atomic E-state index is 5.54. The second kappa shape index (κ2) is 13.4. The van der Waals surface area contributed by atoms with Gasteiger partial charge in [0.1, 0.15) is 0 Å². The van der Waals surface area contributed by atoms with E-state index in [0.29, 0.717) is 5.82 Å². The van der Waals surface area contributed by atoms with Crippen LogP contribution >= 0.6 is 0 Å². The minimum absolute atomic E-state index is 0.521. The molecule has 3 heteroatoms. The highest BCUT2D eigenvalue weighted by atomic mass is 14.9. The van der Waals surface area contributed by atoms with Crippen LogP contribution in [0.5, 0.6) is 0 Å². The molecule has 0 spiro atoms. The van der Waals surface area contributed by atoms with Crippen LogP contribution in [0, 0.1) is 0 Å². The van der Waals surface area contributed by atoms with Gasteiger partial charge in [-0.05, 0) is 57.0 Å². The van der Waals surface area contributed by atoms with E-state index in [0.717, 1.165) is 55.6 Å². The fraction of sp³-hybridized carbons (Fsp3) is 0.0185. The minimum atomic E-state index is -0.521. The van der Waals surface area contributed by atoms with Gasteiger partial charge < -0.3 is 0 Å². The third kappa shape index (κ3) is 5.24. The summed E-state index contributed by atoms with van der Waals surface area (Å²) in [6, 6.07) is 75.5. The monoisotopic (exact) mass is 725 g/mol. The van der Waals surface area contributed by atoms with Crippen molar-refractivity contribution in [2.24, 2.45) is 0 Å². The number of hydrogen-bond acceptors (Lipinski definition) is 3. The van der Waals surface area contributed by atoms with Crippen molar-refractivity contribution in [1.29, 1.82) is 0 Å².